The van der Waals surface area contributed by atoms with Crippen LogP contribution in [0, 0.1) is 0 Å². The van der Waals surface area contributed by atoms with Crippen molar-refractivity contribution in [3.8, 4) is 17.2 Å². The summed E-state index contributed by atoms with van der Waals surface area (Å²) in [4.78, 5) is 4.20. The van der Waals surface area contributed by atoms with E-state index in [0.717, 1.165) is 5.56 Å². The summed E-state index contributed by atoms with van der Waals surface area (Å²) >= 11 is 0. The van der Waals surface area contributed by atoms with Crippen molar-refractivity contribution in [2.75, 3.05) is 26.1 Å². The third-order valence-corrected chi connectivity index (χ3v) is 3.43. The first kappa shape index (κ1) is 20.2. The highest BCUT2D eigenvalue weighted by atomic mass is 19.4. The Kier molecular flexibility index (Phi) is 6.75. The fourth-order valence-electron chi connectivity index (χ4n) is 2.12. The third-order valence-electron chi connectivity index (χ3n) is 3.43. The van der Waals surface area contributed by atoms with E-state index in [1.807, 2.05) is 0 Å². The number of alkyl halides is 3. The van der Waals surface area contributed by atoms with Gasteiger partial charge in [0, 0.05) is 6.07 Å². The fourth-order valence-corrected chi connectivity index (χ4v) is 2.12. The van der Waals surface area contributed by atoms with Gasteiger partial charge in [0.05, 0.1) is 26.5 Å². The second-order valence-electron chi connectivity index (χ2n) is 5.44. The molecule has 0 saturated carbocycles. The highest BCUT2D eigenvalue weighted by Crippen LogP contribution is 2.28. The molecule has 0 aliphatic carbocycles. The average Bonchev–Trinajstić information content (AvgIpc) is 2.65. The molecule has 27 heavy (non-hydrogen) atoms. The van der Waals surface area contributed by atoms with E-state index < -0.39 is 12.8 Å². The van der Waals surface area contributed by atoms with Gasteiger partial charge in [-0.15, -0.1) is 0 Å². The van der Waals surface area contributed by atoms with Crippen LogP contribution in [0.5, 0.6) is 17.2 Å². The molecule has 146 valence electrons. The van der Waals surface area contributed by atoms with E-state index in [0.29, 0.717) is 17.2 Å². The van der Waals surface area contributed by atoms with E-state index in [4.69, 9.17) is 15.2 Å². The van der Waals surface area contributed by atoms with Crippen LogP contribution in [0.3, 0.4) is 0 Å². The predicted octanol–water partition coefficient (Wildman–Crippen LogP) is 3.57. The Hall–Kier alpha value is -3.10. The minimum atomic E-state index is -4.37. The van der Waals surface area contributed by atoms with Crippen molar-refractivity contribution in [3.05, 3.63) is 48.0 Å². The maximum Gasteiger partial charge on any atom is 0.422 e. The molecule has 0 bridgehead atoms. The molecule has 0 aliphatic rings. The standard InChI is InChI=1S/C18H20F3N3O3/c1-25-14-7-8-16(26-2)15(9-14)24-17(22)23-10-12-3-5-13(6-4-12)27-11-18(19,20)21/h3-9H,10-11H2,1-2H3,(H3,22,23,24). The Balaban J connectivity index is 1.97. The Morgan fingerprint density at radius 1 is 1.04 bits per heavy atom. The van der Waals surface area contributed by atoms with Crippen molar-refractivity contribution in [2.24, 2.45) is 10.7 Å². The lowest BCUT2D eigenvalue weighted by atomic mass is 10.2. The van der Waals surface area contributed by atoms with Crippen molar-refractivity contribution in [1.29, 1.82) is 0 Å². The van der Waals surface area contributed by atoms with Gasteiger partial charge in [-0.2, -0.15) is 13.2 Å². The van der Waals surface area contributed by atoms with Crippen LogP contribution < -0.4 is 25.3 Å². The van der Waals surface area contributed by atoms with Gasteiger partial charge in [0.2, 0.25) is 0 Å². The molecule has 0 fully saturated rings. The molecule has 3 N–H and O–H groups in total. The van der Waals surface area contributed by atoms with Crippen LogP contribution in [-0.2, 0) is 6.54 Å². The van der Waals surface area contributed by atoms with Gasteiger partial charge in [0.1, 0.15) is 17.2 Å². The molecule has 0 amide bonds. The van der Waals surface area contributed by atoms with Crippen molar-refractivity contribution >= 4 is 11.6 Å². The Morgan fingerprint density at radius 2 is 1.70 bits per heavy atom. The van der Waals surface area contributed by atoms with Crippen molar-refractivity contribution in [3.63, 3.8) is 0 Å². The average molecular weight is 383 g/mol. The summed E-state index contributed by atoms with van der Waals surface area (Å²) in [6.45, 7) is -1.09. The van der Waals surface area contributed by atoms with Crippen molar-refractivity contribution in [1.82, 2.24) is 0 Å². The molecular formula is C18H20F3N3O3. The van der Waals surface area contributed by atoms with Crippen molar-refractivity contribution < 1.29 is 27.4 Å². The van der Waals surface area contributed by atoms with E-state index in [2.05, 4.69) is 15.0 Å². The first-order chi connectivity index (χ1) is 12.8. The second-order valence-corrected chi connectivity index (χ2v) is 5.44. The number of aliphatic imine (C=N–C) groups is 1. The van der Waals surface area contributed by atoms with Crippen LogP contribution in [0.25, 0.3) is 0 Å². The van der Waals surface area contributed by atoms with Crippen LogP contribution in [0.1, 0.15) is 5.56 Å². The summed E-state index contributed by atoms with van der Waals surface area (Å²) in [5.74, 6) is 1.48. The number of benzene rings is 2. The van der Waals surface area contributed by atoms with E-state index in [1.165, 1.54) is 19.2 Å². The first-order valence-electron chi connectivity index (χ1n) is 7.88. The number of hydrogen-bond acceptors (Lipinski definition) is 4. The van der Waals surface area contributed by atoms with E-state index in [-0.39, 0.29) is 18.3 Å². The topological polar surface area (TPSA) is 78.1 Å². The molecule has 0 atom stereocenters. The van der Waals surface area contributed by atoms with Gasteiger partial charge in [-0.1, -0.05) is 12.1 Å². The summed E-state index contributed by atoms with van der Waals surface area (Å²) in [7, 11) is 3.08. The monoisotopic (exact) mass is 383 g/mol. The van der Waals surface area contributed by atoms with Gasteiger partial charge in [-0.05, 0) is 29.8 Å². The summed E-state index contributed by atoms with van der Waals surface area (Å²) in [6.07, 6.45) is -4.37. The molecule has 0 aromatic heterocycles. The maximum absolute atomic E-state index is 12.1. The summed E-state index contributed by atoms with van der Waals surface area (Å²) < 4.78 is 51.4. The fraction of sp³-hybridized carbons (Fsp3) is 0.278. The lowest BCUT2D eigenvalue weighted by Crippen LogP contribution is -2.23. The van der Waals surface area contributed by atoms with Crippen LogP contribution in [0.15, 0.2) is 47.5 Å². The first-order valence-corrected chi connectivity index (χ1v) is 7.88. The zero-order valence-electron chi connectivity index (χ0n) is 14.8. The quantitative estimate of drug-likeness (QED) is 0.565. The Labute approximate surface area is 154 Å². The molecule has 2 aromatic rings. The number of rotatable bonds is 7. The Morgan fingerprint density at radius 3 is 2.30 bits per heavy atom. The van der Waals surface area contributed by atoms with E-state index in [9.17, 15) is 13.2 Å². The molecule has 2 aromatic carbocycles. The minimum absolute atomic E-state index is 0.132. The number of halogens is 3. The molecular weight excluding hydrogens is 363 g/mol. The van der Waals surface area contributed by atoms with Gasteiger partial charge in [0.25, 0.3) is 0 Å². The number of nitrogens with zero attached hydrogens (tertiary/aromatic N) is 1. The minimum Gasteiger partial charge on any atom is -0.497 e. The number of hydrogen-bond donors (Lipinski definition) is 2. The molecule has 9 heteroatoms. The Bertz CT molecular complexity index is 778. The van der Waals surface area contributed by atoms with Gasteiger partial charge < -0.3 is 25.3 Å². The molecule has 0 spiro atoms. The third kappa shape index (κ3) is 6.61. The van der Waals surface area contributed by atoms with Crippen LogP contribution in [0.4, 0.5) is 18.9 Å². The summed E-state index contributed by atoms with van der Waals surface area (Å²) in [6, 6.07) is 11.3. The lowest BCUT2D eigenvalue weighted by Gasteiger charge is -2.12. The second kappa shape index (κ2) is 9.02. The molecule has 0 radical (unpaired) electrons. The normalized spacial score (nSPS) is 11.8. The molecule has 0 saturated heterocycles. The summed E-state index contributed by atoms with van der Waals surface area (Å²) in [5, 5.41) is 2.93. The molecule has 0 unspecified atom stereocenters. The van der Waals surface area contributed by atoms with E-state index in [1.54, 1.807) is 37.4 Å². The lowest BCUT2D eigenvalue weighted by molar-refractivity contribution is -0.153. The van der Waals surface area contributed by atoms with Gasteiger partial charge in [-0.3, -0.25) is 0 Å². The number of methoxy groups -OCH3 is 2. The highest BCUT2D eigenvalue weighted by molar-refractivity contribution is 5.94. The predicted molar refractivity (Wildman–Crippen MR) is 96.5 cm³/mol. The van der Waals surface area contributed by atoms with Crippen molar-refractivity contribution in [2.45, 2.75) is 12.7 Å². The van der Waals surface area contributed by atoms with Crippen LogP contribution >= 0.6 is 0 Å². The maximum atomic E-state index is 12.1. The number of nitrogens with one attached hydrogen (secondary N) is 1. The number of anilines is 1. The summed E-state index contributed by atoms with van der Waals surface area (Å²) in [5.41, 5.74) is 7.24. The number of ether oxygens (including phenoxy) is 3. The zero-order chi connectivity index (χ0) is 19.9. The smallest absolute Gasteiger partial charge is 0.422 e. The largest absolute Gasteiger partial charge is 0.497 e. The van der Waals surface area contributed by atoms with Gasteiger partial charge >= 0.3 is 6.18 Å². The van der Waals surface area contributed by atoms with Crippen LogP contribution in [0.2, 0.25) is 0 Å². The SMILES string of the molecule is COc1ccc(OC)c(NC(N)=NCc2ccc(OCC(F)(F)F)cc2)c1. The van der Waals surface area contributed by atoms with Gasteiger partial charge in [-0.25, -0.2) is 4.99 Å². The molecule has 6 nitrogen and oxygen atoms in total. The zero-order valence-corrected chi connectivity index (χ0v) is 14.8. The number of guanidine groups is 1. The molecule has 0 heterocycles. The molecule has 2 rings (SSSR count). The van der Waals surface area contributed by atoms with Crippen LogP contribution in [-0.4, -0.2) is 33.0 Å². The number of nitrogens with two attached hydrogens (primary N) is 1. The van der Waals surface area contributed by atoms with E-state index >= 15 is 0 Å². The highest BCUT2D eigenvalue weighted by Gasteiger charge is 2.28. The van der Waals surface area contributed by atoms with Gasteiger partial charge in [0.15, 0.2) is 12.6 Å². The molecule has 0 aliphatic heterocycles.